The number of benzene rings is 4. The third-order valence-electron chi connectivity index (χ3n) is 6.82. The van der Waals surface area contributed by atoms with Gasteiger partial charge in [0.1, 0.15) is 11.5 Å². The average Bonchev–Trinajstić information content (AvgIpc) is 2.94. The fourth-order valence-electron chi connectivity index (χ4n) is 4.32. The van der Waals surface area contributed by atoms with E-state index in [1.165, 1.54) is 0 Å². The Bertz CT molecular complexity index is 1430. The summed E-state index contributed by atoms with van der Waals surface area (Å²) >= 11 is 0. The number of para-hydroxylation sites is 2. The van der Waals surface area contributed by atoms with Crippen molar-refractivity contribution < 1.29 is 27.7 Å². The Morgan fingerprint density at radius 3 is 1.05 bits per heavy atom. The number of hydrogen-bond acceptors (Lipinski definition) is 6. The van der Waals surface area contributed by atoms with Crippen LogP contribution in [0, 0.1) is 27.7 Å². The van der Waals surface area contributed by atoms with Crippen molar-refractivity contribution >= 4 is 16.1 Å². The zero-order valence-electron chi connectivity index (χ0n) is 25.4. The first-order chi connectivity index (χ1) is 19.8. The van der Waals surface area contributed by atoms with Crippen LogP contribution in [0.15, 0.2) is 84.9 Å². The SMILES string of the molecule is Cc1cccc(C)c1OC(C)(C)[P+](=O)Oc1ccc(-c2ccc(O[P+](=O)C(C)(C)Oc3c(C)cccc3C)cc2)cc1. The Kier molecular flexibility index (Phi) is 9.40. The molecule has 0 bridgehead atoms. The van der Waals surface area contributed by atoms with Gasteiger partial charge in [-0.25, -0.2) is 0 Å². The molecule has 0 aliphatic heterocycles. The lowest BCUT2D eigenvalue weighted by molar-refractivity contribution is 0.181. The molecule has 4 aromatic rings. The fourth-order valence-corrected chi connectivity index (χ4v) is 5.72. The lowest BCUT2D eigenvalue weighted by Crippen LogP contribution is -2.25. The van der Waals surface area contributed by atoms with Crippen molar-refractivity contribution in [1.29, 1.82) is 0 Å². The minimum absolute atomic E-state index is 0.487. The fraction of sp³-hybridized carbons (Fsp3) is 0.294. The molecule has 0 aliphatic rings. The topological polar surface area (TPSA) is 71.1 Å². The van der Waals surface area contributed by atoms with E-state index in [0.717, 1.165) is 44.9 Å². The number of ether oxygens (including phenoxy) is 2. The van der Waals surface area contributed by atoms with Gasteiger partial charge in [0.15, 0.2) is 11.5 Å². The lowest BCUT2D eigenvalue weighted by Gasteiger charge is -2.18. The first-order valence-electron chi connectivity index (χ1n) is 13.8. The minimum atomic E-state index is -2.18. The average molecular weight is 605 g/mol. The molecule has 2 atom stereocenters. The second kappa shape index (κ2) is 12.7. The van der Waals surface area contributed by atoms with Crippen molar-refractivity contribution in [2.45, 2.75) is 66.1 Å². The van der Waals surface area contributed by atoms with Gasteiger partial charge in [-0.15, -0.1) is 0 Å². The van der Waals surface area contributed by atoms with Crippen LogP contribution in [-0.4, -0.2) is 10.7 Å². The molecular formula is C34H38O6P2+2. The van der Waals surface area contributed by atoms with E-state index in [-0.39, 0.29) is 0 Å². The Hall–Kier alpha value is -3.72. The van der Waals surface area contributed by atoms with Crippen LogP contribution >= 0.6 is 16.1 Å². The van der Waals surface area contributed by atoms with Gasteiger partial charge < -0.3 is 9.47 Å². The second-order valence-electron chi connectivity index (χ2n) is 11.3. The van der Waals surface area contributed by atoms with Crippen LogP contribution in [0.1, 0.15) is 49.9 Å². The van der Waals surface area contributed by atoms with Crippen molar-refractivity contribution in [3.8, 4) is 34.1 Å². The zero-order chi connectivity index (χ0) is 30.7. The number of hydrogen-bond donors (Lipinski definition) is 0. The van der Waals surface area contributed by atoms with Crippen molar-refractivity contribution in [3.63, 3.8) is 0 Å². The standard InChI is InChI=1S/C34H38O6P2/c1-23-11-9-12-24(2)31(23)37-33(5,6)41(35)39-29-19-15-27(16-20-29)28-17-21-30(22-18-28)40-42(36)34(7,8)38-32-25(3)13-10-14-26(32)4/h9-22H,1-8H3/q+2. The third-order valence-corrected chi connectivity index (χ3v) is 9.51. The quantitative estimate of drug-likeness (QED) is 0.159. The van der Waals surface area contributed by atoms with Crippen LogP contribution in [0.25, 0.3) is 11.1 Å². The minimum Gasteiger partial charge on any atom is -0.441 e. The first kappa shape index (κ1) is 31.2. The van der Waals surface area contributed by atoms with E-state index in [4.69, 9.17) is 18.5 Å². The smallest absolute Gasteiger partial charge is 0.441 e. The van der Waals surface area contributed by atoms with Crippen LogP contribution < -0.4 is 18.5 Å². The van der Waals surface area contributed by atoms with Crippen LogP contribution in [0.4, 0.5) is 0 Å². The molecule has 0 aromatic heterocycles. The van der Waals surface area contributed by atoms with Crippen LogP contribution in [0.3, 0.4) is 0 Å². The van der Waals surface area contributed by atoms with Crippen molar-refractivity contribution in [3.05, 3.63) is 107 Å². The Labute approximate surface area is 250 Å². The summed E-state index contributed by atoms with van der Waals surface area (Å²) < 4.78 is 50.1. The Morgan fingerprint density at radius 1 is 0.476 bits per heavy atom. The van der Waals surface area contributed by atoms with E-state index in [1.54, 1.807) is 52.0 Å². The van der Waals surface area contributed by atoms with Crippen LogP contribution in [0.5, 0.6) is 23.0 Å². The highest BCUT2D eigenvalue weighted by molar-refractivity contribution is 7.41. The largest absolute Gasteiger partial charge is 0.604 e. The predicted molar refractivity (Wildman–Crippen MR) is 170 cm³/mol. The second-order valence-corrected chi connectivity index (χ2v) is 14.8. The highest BCUT2D eigenvalue weighted by atomic mass is 31.1. The van der Waals surface area contributed by atoms with Gasteiger partial charge in [0, 0.05) is 27.7 Å². The summed E-state index contributed by atoms with van der Waals surface area (Å²) in [5.41, 5.74) is 5.81. The summed E-state index contributed by atoms with van der Waals surface area (Å²) in [6, 6.07) is 26.5. The summed E-state index contributed by atoms with van der Waals surface area (Å²) in [5.74, 6) is 2.42. The molecule has 0 amide bonds. The first-order valence-corrected chi connectivity index (χ1v) is 16.1. The monoisotopic (exact) mass is 604 g/mol. The van der Waals surface area contributed by atoms with E-state index in [0.29, 0.717) is 11.5 Å². The van der Waals surface area contributed by atoms with Crippen molar-refractivity contribution in [2.24, 2.45) is 0 Å². The molecule has 2 unspecified atom stereocenters. The van der Waals surface area contributed by atoms with E-state index < -0.39 is 26.7 Å². The van der Waals surface area contributed by atoms with Crippen LogP contribution in [0.2, 0.25) is 0 Å². The van der Waals surface area contributed by atoms with Gasteiger partial charge in [-0.05, 0) is 94.5 Å². The summed E-state index contributed by atoms with van der Waals surface area (Å²) in [6.07, 6.45) is 0. The van der Waals surface area contributed by atoms with E-state index in [9.17, 15) is 9.13 Å². The summed E-state index contributed by atoms with van der Waals surface area (Å²) in [5, 5.41) is -2.06. The van der Waals surface area contributed by atoms with Crippen molar-refractivity contribution in [1.82, 2.24) is 0 Å². The van der Waals surface area contributed by atoms with Gasteiger partial charge in [0.05, 0.1) is 0 Å². The Morgan fingerprint density at radius 2 is 0.762 bits per heavy atom. The van der Waals surface area contributed by atoms with E-state index in [1.807, 2.05) is 88.4 Å². The van der Waals surface area contributed by atoms with Crippen LogP contribution in [-0.2, 0) is 9.13 Å². The molecule has 6 nitrogen and oxygen atoms in total. The number of rotatable bonds is 11. The Balaban J connectivity index is 1.38. The molecule has 0 heterocycles. The number of aryl methyl sites for hydroxylation is 4. The molecule has 0 aliphatic carbocycles. The maximum atomic E-state index is 13.1. The molecule has 0 saturated heterocycles. The normalized spacial score (nSPS) is 12.4. The molecule has 0 saturated carbocycles. The lowest BCUT2D eigenvalue weighted by atomic mass is 10.1. The van der Waals surface area contributed by atoms with Gasteiger partial charge in [0.25, 0.3) is 0 Å². The van der Waals surface area contributed by atoms with Gasteiger partial charge in [-0.1, -0.05) is 60.7 Å². The van der Waals surface area contributed by atoms with Gasteiger partial charge in [-0.2, -0.15) is 0 Å². The predicted octanol–water partition coefficient (Wildman–Crippen LogP) is 10.5. The maximum Gasteiger partial charge on any atom is 0.604 e. The molecule has 0 N–H and O–H groups in total. The molecular weight excluding hydrogens is 566 g/mol. The van der Waals surface area contributed by atoms with Gasteiger partial charge >= 0.3 is 26.7 Å². The maximum absolute atomic E-state index is 13.1. The van der Waals surface area contributed by atoms with Gasteiger partial charge in [-0.3, -0.25) is 9.05 Å². The summed E-state index contributed by atoms with van der Waals surface area (Å²) in [4.78, 5) is 0. The highest BCUT2D eigenvalue weighted by Gasteiger charge is 2.47. The zero-order valence-corrected chi connectivity index (χ0v) is 27.2. The molecule has 0 spiro atoms. The molecule has 218 valence electrons. The van der Waals surface area contributed by atoms with Crippen molar-refractivity contribution in [2.75, 3.05) is 0 Å². The molecule has 4 aromatic carbocycles. The van der Waals surface area contributed by atoms with E-state index >= 15 is 0 Å². The molecule has 0 fully saturated rings. The summed E-state index contributed by atoms with van der Waals surface area (Å²) in [7, 11) is -4.36. The highest BCUT2D eigenvalue weighted by Crippen LogP contribution is 2.45. The van der Waals surface area contributed by atoms with Gasteiger partial charge in [0.2, 0.25) is 0 Å². The molecule has 0 radical (unpaired) electrons. The molecule has 8 heteroatoms. The van der Waals surface area contributed by atoms with E-state index in [2.05, 4.69) is 0 Å². The molecule has 42 heavy (non-hydrogen) atoms. The third kappa shape index (κ3) is 7.37. The molecule has 4 rings (SSSR count). The summed E-state index contributed by atoms with van der Waals surface area (Å²) in [6.45, 7) is 14.9.